The Morgan fingerprint density at radius 2 is 1.88 bits per heavy atom. The van der Waals surface area contributed by atoms with Crippen LogP contribution in [0.5, 0.6) is 0 Å². The molecule has 6 fully saturated rings. The number of Topliss-reactive ketones (excluding diaryl/α,β-unsaturated/α-hetero) is 1. The minimum atomic E-state index is -1.58. The van der Waals surface area contributed by atoms with Crippen LogP contribution in [0.3, 0.4) is 0 Å². The van der Waals surface area contributed by atoms with E-state index >= 15 is 0 Å². The van der Waals surface area contributed by atoms with Crippen LogP contribution in [-0.4, -0.2) is 75.9 Å². The van der Waals surface area contributed by atoms with Crippen molar-refractivity contribution in [2.75, 3.05) is 7.11 Å². The number of aliphatic hydroxyl groups excluding tert-OH is 2. The van der Waals surface area contributed by atoms with E-state index in [1.807, 2.05) is 26.8 Å². The van der Waals surface area contributed by atoms with Gasteiger partial charge in [-0.15, -0.1) is 0 Å². The smallest absolute Gasteiger partial charge is 0.339 e. The van der Waals surface area contributed by atoms with E-state index in [0.29, 0.717) is 24.2 Å². The summed E-state index contributed by atoms with van der Waals surface area (Å²) in [5.41, 5.74) is -2.96. The van der Waals surface area contributed by atoms with Gasteiger partial charge in [-0.1, -0.05) is 13.8 Å². The first-order chi connectivity index (χ1) is 18.7. The average molecular weight is 559 g/mol. The molecule has 2 N–H and O–H groups in total. The molecule has 4 saturated heterocycles. The van der Waals surface area contributed by atoms with Crippen molar-refractivity contribution in [3.63, 3.8) is 0 Å². The van der Waals surface area contributed by atoms with Crippen LogP contribution in [0, 0.1) is 35.0 Å². The highest BCUT2D eigenvalue weighted by Crippen LogP contribution is 2.76. The highest BCUT2D eigenvalue weighted by Gasteiger charge is 2.84. The van der Waals surface area contributed by atoms with E-state index in [2.05, 4.69) is 6.92 Å². The Morgan fingerprint density at radius 3 is 2.52 bits per heavy atom. The second-order valence-electron chi connectivity index (χ2n) is 14.0. The number of hydrogen-bond donors (Lipinski definition) is 2. The molecule has 2 aliphatic carbocycles. The molecule has 2 saturated carbocycles. The zero-order valence-electron chi connectivity index (χ0n) is 23.8. The molecule has 5 aliphatic heterocycles. The summed E-state index contributed by atoms with van der Waals surface area (Å²) in [6.45, 7) is 9.63. The molecular weight excluding hydrogens is 520 g/mol. The van der Waals surface area contributed by atoms with Crippen molar-refractivity contribution in [1.29, 1.82) is 0 Å². The number of carbonyl (C=O) groups excluding carboxylic acids is 3. The number of carbonyl (C=O) groups is 3. The summed E-state index contributed by atoms with van der Waals surface area (Å²) in [5, 5.41) is 22.5. The third-order valence-corrected chi connectivity index (χ3v) is 11.6. The lowest BCUT2D eigenvalue weighted by Gasteiger charge is -2.41. The maximum Gasteiger partial charge on any atom is 0.339 e. The topological polar surface area (TPSA) is 138 Å². The molecule has 0 aromatic carbocycles. The minimum absolute atomic E-state index is 0.00674. The molecule has 5 heterocycles. The molecular formula is C30H38O10. The van der Waals surface area contributed by atoms with Crippen molar-refractivity contribution in [3.05, 3.63) is 23.5 Å². The molecule has 40 heavy (non-hydrogen) atoms. The van der Waals surface area contributed by atoms with Crippen LogP contribution in [0.25, 0.3) is 0 Å². The molecule has 2 bridgehead atoms. The van der Waals surface area contributed by atoms with E-state index in [9.17, 15) is 24.6 Å². The molecule has 0 aromatic heterocycles. The van der Waals surface area contributed by atoms with Crippen LogP contribution in [0.4, 0.5) is 0 Å². The van der Waals surface area contributed by atoms with Gasteiger partial charge in [0.15, 0.2) is 6.10 Å². The fraction of sp³-hybridized carbons (Fsp3) is 0.767. The molecule has 7 aliphatic rings. The fourth-order valence-electron chi connectivity index (χ4n) is 9.95. The van der Waals surface area contributed by atoms with E-state index < -0.39 is 58.7 Å². The van der Waals surface area contributed by atoms with Gasteiger partial charge in [-0.25, -0.2) is 9.59 Å². The van der Waals surface area contributed by atoms with Gasteiger partial charge in [0.05, 0.1) is 23.2 Å². The molecule has 0 amide bonds. The Bertz CT molecular complexity index is 1280. The first-order valence-corrected chi connectivity index (χ1v) is 14.3. The number of methoxy groups -OCH3 is 1. The zero-order chi connectivity index (χ0) is 28.8. The Hall–Kier alpha value is -2.11. The van der Waals surface area contributed by atoms with Gasteiger partial charge in [-0.3, -0.25) is 4.79 Å². The Labute approximate surface area is 233 Å². The number of hydrogen-bond acceptors (Lipinski definition) is 10. The maximum absolute atomic E-state index is 14.5. The summed E-state index contributed by atoms with van der Waals surface area (Å²) in [6, 6.07) is 0. The fourth-order valence-corrected chi connectivity index (χ4v) is 9.95. The number of rotatable bonds is 3. The SMILES string of the molecule is COC12OC3(CCC4(C)C(C(C)C=C5C=C(C)C(=O)O5)C14)CC14OC(=O)C(O)C1OC(C)(C)C4CC(O)C3C2=O. The number of cyclic esters (lactones) is 1. The molecule has 12 unspecified atom stereocenters. The van der Waals surface area contributed by atoms with Crippen LogP contribution >= 0.6 is 0 Å². The zero-order valence-corrected chi connectivity index (χ0v) is 23.8. The quantitative estimate of drug-likeness (QED) is 0.495. The van der Waals surface area contributed by atoms with E-state index in [1.54, 1.807) is 13.0 Å². The number of ketones is 1. The van der Waals surface area contributed by atoms with E-state index in [0.717, 1.165) is 0 Å². The summed E-state index contributed by atoms with van der Waals surface area (Å²) in [6.07, 6.45) is 1.64. The van der Waals surface area contributed by atoms with Crippen molar-refractivity contribution in [2.24, 2.45) is 35.0 Å². The predicted octanol–water partition coefficient (Wildman–Crippen LogP) is 1.96. The number of esters is 2. The molecule has 12 atom stereocenters. The molecule has 10 heteroatoms. The lowest BCUT2D eigenvalue weighted by atomic mass is 9.69. The summed E-state index contributed by atoms with van der Waals surface area (Å²) in [7, 11) is 1.48. The van der Waals surface area contributed by atoms with Crippen molar-refractivity contribution in [2.45, 2.75) is 101 Å². The summed E-state index contributed by atoms with van der Waals surface area (Å²) >= 11 is 0. The lowest BCUT2D eigenvalue weighted by Crippen LogP contribution is -2.52. The van der Waals surface area contributed by atoms with Crippen LogP contribution in [0.15, 0.2) is 23.5 Å². The van der Waals surface area contributed by atoms with Gasteiger partial charge < -0.3 is 33.9 Å². The van der Waals surface area contributed by atoms with Gasteiger partial charge in [0, 0.05) is 30.9 Å². The van der Waals surface area contributed by atoms with Gasteiger partial charge in [0.1, 0.15) is 17.5 Å². The van der Waals surface area contributed by atoms with Crippen molar-refractivity contribution < 1.29 is 48.3 Å². The monoisotopic (exact) mass is 558 g/mol. The summed E-state index contributed by atoms with van der Waals surface area (Å²) in [5.74, 6) is -4.11. The Morgan fingerprint density at radius 1 is 1.15 bits per heavy atom. The second kappa shape index (κ2) is 7.83. The van der Waals surface area contributed by atoms with Crippen LogP contribution in [0.1, 0.15) is 60.3 Å². The van der Waals surface area contributed by atoms with Gasteiger partial charge in [0.25, 0.3) is 0 Å². The van der Waals surface area contributed by atoms with Crippen LogP contribution in [-0.2, 0) is 38.1 Å². The maximum atomic E-state index is 14.5. The van der Waals surface area contributed by atoms with Gasteiger partial charge in [-0.05, 0) is 69.4 Å². The summed E-state index contributed by atoms with van der Waals surface area (Å²) < 4.78 is 30.6. The highest BCUT2D eigenvalue weighted by atomic mass is 16.7. The highest BCUT2D eigenvalue weighted by molar-refractivity contribution is 5.93. The number of allylic oxidation sites excluding steroid dienone is 2. The lowest BCUT2D eigenvalue weighted by molar-refractivity contribution is -0.256. The molecule has 218 valence electrons. The normalized spacial score (nSPS) is 53.5. The molecule has 0 radical (unpaired) electrons. The summed E-state index contributed by atoms with van der Waals surface area (Å²) in [4.78, 5) is 39.0. The van der Waals surface area contributed by atoms with Crippen molar-refractivity contribution in [3.8, 4) is 0 Å². The molecule has 0 aromatic rings. The third-order valence-electron chi connectivity index (χ3n) is 11.6. The van der Waals surface area contributed by atoms with Gasteiger partial charge >= 0.3 is 11.9 Å². The number of ether oxygens (including phenoxy) is 5. The second-order valence-corrected chi connectivity index (χ2v) is 14.0. The van der Waals surface area contributed by atoms with Gasteiger partial charge in [-0.2, -0.15) is 0 Å². The van der Waals surface area contributed by atoms with Crippen LogP contribution in [0.2, 0.25) is 0 Å². The van der Waals surface area contributed by atoms with Gasteiger partial charge in [0.2, 0.25) is 11.6 Å². The van der Waals surface area contributed by atoms with Crippen LogP contribution < -0.4 is 0 Å². The Kier molecular flexibility index (Phi) is 5.24. The third kappa shape index (κ3) is 3.04. The van der Waals surface area contributed by atoms with E-state index in [1.165, 1.54) is 7.11 Å². The standard InChI is InChI=1S/C30H38O10/c1-13(9-15-10-14(2)24(34)37-15)18-21-27(18,5)7-8-28-12-29-17(26(3,4)38-23(29)20(32)25(35)39-29)11-16(31)19(28)22(33)30(21,36-6)40-28/h9-10,13,16-21,23,31-32H,7-8,11-12H2,1-6H3. The van der Waals surface area contributed by atoms with E-state index in [-0.39, 0.29) is 47.8 Å². The minimum Gasteiger partial charge on any atom is -0.454 e. The first-order valence-electron chi connectivity index (χ1n) is 14.3. The Balaban J connectivity index is 1.28. The largest absolute Gasteiger partial charge is 0.454 e. The molecule has 2 spiro atoms. The number of fused-ring (bicyclic) bond motifs is 3. The van der Waals surface area contributed by atoms with Crippen molar-refractivity contribution >= 4 is 17.7 Å². The van der Waals surface area contributed by atoms with Crippen molar-refractivity contribution in [1.82, 2.24) is 0 Å². The molecule has 7 rings (SSSR count). The number of aliphatic hydroxyl groups is 2. The predicted molar refractivity (Wildman–Crippen MR) is 136 cm³/mol. The average Bonchev–Trinajstić information content (AvgIpc) is 3.11. The molecule has 10 nitrogen and oxygen atoms in total. The first kappa shape index (κ1) is 26.8. The van der Waals surface area contributed by atoms with E-state index in [4.69, 9.17) is 23.7 Å².